The van der Waals surface area contributed by atoms with Crippen molar-refractivity contribution >= 4 is 38.6 Å². The lowest BCUT2D eigenvalue weighted by Crippen LogP contribution is -2.31. The van der Waals surface area contributed by atoms with Crippen LogP contribution in [0.3, 0.4) is 0 Å². The van der Waals surface area contributed by atoms with Crippen LogP contribution in [0.5, 0.6) is 5.88 Å². The Morgan fingerprint density at radius 3 is 2.56 bits per heavy atom. The quantitative estimate of drug-likeness (QED) is 0.369. The Kier molecular flexibility index (Phi) is 5.29. The summed E-state index contributed by atoms with van der Waals surface area (Å²) in [6.07, 6.45) is 6.71. The van der Waals surface area contributed by atoms with E-state index < -0.39 is 21.6 Å². The lowest BCUT2D eigenvalue weighted by molar-refractivity contribution is -0.151. The lowest BCUT2D eigenvalue weighted by atomic mass is 10.2. The smallest absolute Gasteiger partial charge is 0.350 e. The summed E-state index contributed by atoms with van der Waals surface area (Å²) in [5.74, 6) is -0.353. The van der Waals surface area contributed by atoms with Crippen molar-refractivity contribution in [3.63, 3.8) is 0 Å². The van der Waals surface area contributed by atoms with Crippen molar-refractivity contribution in [3.05, 3.63) is 65.7 Å². The van der Waals surface area contributed by atoms with Gasteiger partial charge in [-0.1, -0.05) is 29.3 Å². The minimum absolute atomic E-state index is 0.121. The van der Waals surface area contributed by atoms with Crippen molar-refractivity contribution in [3.8, 4) is 17.1 Å². The van der Waals surface area contributed by atoms with Crippen molar-refractivity contribution in [2.24, 2.45) is 0 Å². The molecule has 9 nitrogen and oxygen atoms in total. The molecule has 0 N–H and O–H groups in total. The van der Waals surface area contributed by atoms with Gasteiger partial charge in [-0.25, -0.2) is 27.2 Å². The number of nitrogens with zero attached hydrogens (tertiary/aromatic N) is 4. The number of pyridine rings is 1. The molecule has 0 spiro atoms. The Hall–Kier alpha value is -3.50. The van der Waals surface area contributed by atoms with Crippen molar-refractivity contribution < 1.29 is 22.7 Å². The Bertz CT molecular complexity index is 1530. The molecule has 1 aliphatic carbocycles. The third kappa shape index (κ3) is 3.78. The number of aryl methyl sites for hydroxylation is 1. The number of rotatable bonds is 6. The Morgan fingerprint density at radius 2 is 1.88 bits per heavy atom. The number of methoxy groups -OCH3 is 1. The average molecular weight is 499 g/mol. The lowest BCUT2D eigenvalue weighted by Gasteiger charge is -2.14. The normalized spacial score (nSPS) is 14.7. The molecule has 1 aliphatic rings. The Balaban J connectivity index is 1.62. The molecule has 3 heterocycles. The monoisotopic (exact) mass is 498 g/mol. The second kappa shape index (κ2) is 8.07. The van der Waals surface area contributed by atoms with Crippen molar-refractivity contribution in [2.75, 3.05) is 7.11 Å². The zero-order valence-corrected chi connectivity index (χ0v) is 19.8. The topological polar surface area (TPSA) is 113 Å². The van der Waals surface area contributed by atoms with E-state index in [1.165, 1.54) is 31.9 Å². The first kappa shape index (κ1) is 22.3. The standard InChI is InChI=1S/C23H19ClN4O5S/c1-14-3-5-16(6-4-14)34(30,31)28-13-18(17-9-15(24)10-26-21(17)28)19-11-25-12-20(27-19)33-23(7-8-23)22(29)32-2/h3-6,9-13H,7-8H2,1-2H3. The molecule has 4 aromatic rings. The molecule has 1 fully saturated rings. The first-order chi connectivity index (χ1) is 16.2. The average Bonchev–Trinajstić information content (AvgIpc) is 3.50. The molecule has 0 bridgehead atoms. The molecule has 0 amide bonds. The maximum absolute atomic E-state index is 13.4. The number of hydrogen-bond acceptors (Lipinski definition) is 8. The largest absolute Gasteiger partial charge is 0.466 e. The molecule has 3 aromatic heterocycles. The Labute approximate surface area is 200 Å². The van der Waals surface area contributed by atoms with Gasteiger partial charge >= 0.3 is 5.97 Å². The van der Waals surface area contributed by atoms with Crippen LogP contribution in [-0.2, 0) is 19.6 Å². The van der Waals surface area contributed by atoms with Crippen LogP contribution >= 0.6 is 11.6 Å². The van der Waals surface area contributed by atoms with Crippen molar-refractivity contribution in [2.45, 2.75) is 30.3 Å². The zero-order chi connectivity index (χ0) is 24.1. The number of carbonyl (C=O) groups excluding carboxylic acids is 1. The highest BCUT2D eigenvalue weighted by atomic mass is 35.5. The van der Waals surface area contributed by atoms with Crippen LogP contribution in [-0.4, -0.2) is 46.0 Å². The van der Waals surface area contributed by atoms with Gasteiger partial charge in [0.15, 0.2) is 5.65 Å². The van der Waals surface area contributed by atoms with Crippen LogP contribution in [0, 0.1) is 6.92 Å². The van der Waals surface area contributed by atoms with E-state index >= 15 is 0 Å². The van der Waals surface area contributed by atoms with Crippen LogP contribution in [0.4, 0.5) is 0 Å². The van der Waals surface area contributed by atoms with E-state index in [9.17, 15) is 13.2 Å². The molecular weight excluding hydrogens is 480 g/mol. The second-order valence-electron chi connectivity index (χ2n) is 8.01. The van der Waals surface area contributed by atoms with Crippen LogP contribution < -0.4 is 4.74 Å². The maximum Gasteiger partial charge on any atom is 0.350 e. The highest BCUT2D eigenvalue weighted by Crippen LogP contribution is 2.41. The molecule has 174 valence electrons. The van der Waals surface area contributed by atoms with E-state index in [4.69, 9.17) is 21.1 Å². The number of esters is 1. The van der Waals surface area contributed by atoms with E-state index in [2.05, 4.69) is 15.0 Å². The van der Waals surface area contributed by atoms with Gasteiger partial charge < -0.3 is 9.47 Å². The fourth-order valence-corrected chi connectivity index (χ4v) is 5.12. The summed E-state index contributed by atoms with van der Waals surface area (Å²) in [6.45, 7) is 1.88. The van der Waals surface area contributed by atoms with E-state index in [-0.39, 0.29) is 16.4 Å². The predicted octanol–water partition coefficient (Wildman–Crippen LogP) is 3.78. The van der Waals surface area contributed by atoms with Gasteiger partial charge in [0.25, 0.3) is 10.0 Å². The maximum atomic E-state index is 13.4. The fourth-order valence-electron chi connectivity index (χ4n) is 3.64. The molecule has 1 aromatic carbocycles. The van der Waals surface area contributed by atoms with E-state index in [0.717, 1.165) is 9.54 Å². The number of fused-ring (bicyclic) bond motifs is 1. The summed E-state index contributed by atoms with van der Waals surface area (Å²) in [5, 5.41) is 0.811. The molecule has 0 atom stereocenters. The molecule has 0 unspecified atom stereocenters. The van der Waals surface area contributed by atoms with Gasteiger partial charge in [0.2, 0.25) is 11.5 Å². The number of halogens is 1. The number of aromatic nitrogens is 4. The summed E-state index contributed by atoms with van der Waals surface area (Å²) >= 11 is 6.18. The molecule has 34 heavy (non-hydrogen) atoms. The SMILES string of the molecule is COC(=O)C1(Oc2cncc(-c3cn(S(=O)(=O)c4ccc(C)cc4)c4ncc(Cl)cc34)n2)CC1. The van der Waals surface area contributed by atoms with Crippen LogP contribution in [0.15, 0.2) is 60.0 Å². The van der Waals surface area contributed by atoms with Gasteiger partial charge in [0.1, 0.15) is 0 Å². The van der Waals surface area contributed by atoms with Crippen molar-refractivity contribution in [1.82, 2.24) is 18.9 Å². The van der Waals surface area contributed by atoms with Gasteiger partial charge in [-0.3, -0.25) is 4.98 Å². The Morgan fingerprint density at radius 1 is 1.15 bits per heavy atom. The molecule has 5 rings (SSSR count). The third-order valence-corrected chi connectivity index (χ3v) is 7.48. The number of benzene rings is 1. The minimum Gasteiger partial charge on any atom is -0.466 e. The molecule has 0 aliphatic heterocycles. The minimum atomic E-state index is -3.96. The molecule has 1 saturated carbocycles. The van der Waals surface area contributed by atoms with E-state index in [1.807, 2.05) is 6.92 Å². The zero-order valence-electron chi connectivity index (χ0n) is 18.2. The van der Waals surface area contributed by atoms with Crippen LogP contribution in [0.25, 0.3) is 22.3 Å². The molecule has 0 saturated heterocycles. The summed E-state index contributed by atoms with van der Waals surface area (Å²) in [6, 6.07) is 8.16. The number of carbonyl (C=O) groups is 1. The van der Waals surface area contributed by atoms with Gasteiger partial charge in [-0.2, -0.15) is 0 Å². The second-order valence-corrected chi connectivity index (χ2v) is 10.3. The summed E-state index contributed by atoms with van der Waals surface area (Å²) < 4.78 is 38.6. The first-order valence-corrected chi connectivity index (χ1v) is 12.1. The summed E-state index contributed by atoms with van der Waals surface area (Å²) in [5.41, 5.74) is 0.859. The van der Waals surface area contributed by atoms with Crippen LogP contribution in [0.1, 0.15) is 18.4 Å². The van der Waals surface area contributed by atoms with Crippen molar-refractivity contribution in [1.29, 1.82) is 0 Å². The van der Waals surface area contributed by atoms with Crippen LogP contribution in [0.2, 0.25) is 5.02 Å². The van der Waals surface area contributed by atoms with Gasteiger partial charge in [0, 0.05) is 36.2 Å². The molecule has 11 heteroatoms. The summed E-state index contributed by atoms with van der Waals surface area (Å²) in [4.78, 5) is 25.1. The van der Waals surface area contributed by atoms with Gasteiger partial charge in [-0.15, -0.1) is 0 Å². The summed E-state index contributed by atoms with van der Waals surface area (Å²) in [7, 11) is -2.66. The molecular formula is C23H19ClN4O5S. The van der Waals surface area contributed by atoms with E-state index in [0.29, 0.717) is 34.5 Å². The van der Waals surface area contributed by atoms with E-state index in [1.54, 1.807) is 30.3 Å². The first-order valence-electron chi connectivity index (χ1n) is 10.3. The molecule has 0 radical (unpaired) electrons. The highest BCUT2D eigenvalue weighted by Gasteiger charge is 2.54. The highest BCUT2D eigenvalue weighted by molar-refractivity contribution is 7.90. The number of ether oxygens (including phenoxy) is 2. The fraction of sp³-hybridized carbons (Fsp3) is 0.217. The number of hydrogen-bond donors (Lipinski definition) is 0. The van der Waals surface area contributed by atoms with Gasteiger partial charge in [-0.05, 0) is 25.1 Å². The predicted molar refractivity (Wildman–Crippen MR) is 124 cm³/mol. The van der Waals surface area contributed by atoms with Gasteiger partial charge in [0.05, 0.1) is 35.1 Å². The third-order valence-electron chi connectivity index (χ3n) is 5.61.